The molecule has 2 aliphatic heterocycles. The molecule has 208 valence electrons. The highest BCUT2D eigenvalue weighted by Crippen LogP contribution is 2.41. The van der Waals surface area contributed by atoms with Crippen LogP contribution in [0.1, 0.15) is 29.3 Å². The SMILES string of the molecule is CC(=O)c1cn(CC(=O)N2C[C@H](F)C[C@H]2C(=O)Nc2cccc(-c3ccc4c(c3Cl)N=CC4)c2F)c2ccccc12. The van der Waals surface area contributed by atoms with Crippen LogP contribution in [0.3, 0.4) is 0 Å². The lowest BCUT2D eigenvalue weighted by Gasteiger charge is -2.24. The van der Waals surface area contributed by atoms with Gasteiger partial charge in [0.1, 0.15) is 18.8 Å². The van der Waals surface area contributed by atoms with E-state index in [9.17, 15) is 18.8 Å². The molecule has 0 aliphatic carbocycles. The van der Waals surface area contributed by atoms with Crippen molar-refractivity contribution < 1.29 is 23.2 Å². The van der Waals surface area contributed by atoms with Crippen molar-refractivity contribution in [3.63, 3.8) is 0 Å². The number of hydrogen-bond acceptors (Lipinski definition) is 4. The zero-order valence-corrected chi connectivity index (χ0v) is 22.8. The van der Waals surface area contributed by atoms with Crippen molar-refractivity contribution in [1.82, 2.24) is 9.47 Å². The van der Waals surface area contributed by atoms with Crippen LogP contribution < -0.4 is 5.32 Å². The van der Waals surface area contributed by atoms with Crippen LogP contribution in [0.4, 0.5) is 20.2 Å². The van der Waals surface area contributed by atoms with Gasteiger partial charge in [-0.05, 0) is 24.6 Å². The molecule has 3 heterocycles. The Morgan fingerprint density at radius 2 is 1.88 bits per heavy atom. The van der Waals surface area contributed by atoms with Crippen LogP contribution in [-0.4, -0.2) is 52.0 Å². The monoisotopic (exact) mass is 574 g/mol. The van der Waals surface area contributed by atoms with E-state index in [0.29, 0.717) is 39.2 Å². The molecule has 41 heavy (non-hydrogen) atoms. The van der Waals surface area contributed by atoms with Crippen LogP contribution in [0.25, 0.3) is 22.0 Å². The third kappa shape index (κ3) is 4.80. The molecule has 2 amide bonds. The number of anilines is 1. The van der Waals surface area contributed by atoms with Gasteiger partial charge in [-0.25, -0.2) is 8.78 Å². The minimum atomic E-state index is -1.41. The Bertz CT molecular complexity index is 1770. The molecule has 1 N–H and O–H groups in total. The van der Waals surface area contributed by atoms with Gasteiger partial charge in [0, 0.05) is 52.8 Å². The molecule has 10 heteroatoms. The van der Waals surface area contributed by atoms with Crippen molar-refractivity contribution >= 4 is 57.7 Å². The molecule has 7 nitrogen and oxygen atoms in total. The summed E-state index contributed by atoms with van der Waals surface area (Å²) in [6, 6.07) is 14.1. The predicted octanol–water partition coefficient (Wildman–Crippen LogP) is 6.14. The summed E-state index contributed by atoms with van der Waals surface area (Å²) in [5, 5.41) is 3.58. The first-order chi connectivity index (χ1) is 19.7. The maximum Gasteiger partial charge on any atom is 0.247 e. The van der Waals surface area contributed by atoms with Crippen LogP contribution in [0.2, 0.25) is 5.02 Å². The van der Waals surface area contributed by atoms with Crippen LogP contribution in [0.15, 0.2) is 65.8 Å². The average Bonchev–Trinajstić information content (AvgIpc) is 3.68. The highest BCUT2D eigenvalue weighted by Gasteiger charge is 2.40. The maximum atomic E-state index is 15.7. The normalized spacial score (nSPS) is 17.7. The number of alkyl halides is 1. The van der Waals surface area contributed by atoms with Gasteiger partial charge in [-0.15, -0.1) is 0 Å². The van der Waals surface area contributed by atoms with Crippen molar-refractivity contribution in [3.05, 3.63) is 82.8 Å². The Labute approximate surface area is 239 Å². The molecule has 1 saturated heterocycles. The lowest BCUT2D eigenvalue weighted by Crippen LogP contribution is -2.44. The van der Waals surface area contributed by atoms with Crippen molar-refractivity contribution in [3.8, 4) is 11.1 Å². The number of aliphatic imine (C=N–C) groups is 1. The van der Waals surface area contributed by atoms with Crippen molar-refractivity contribution in [1.29, 1.82) is 0 Å². The molecule has 2 atom stereocenters. The molecule has 4 aromatic rings. The fraction of sp³-hybridized carbons (Fsp3) is 0.226. The summed E-state index contributed by atoms with van der Waals surface area (Å²) < 4.78 is 31.9. The highest BCUT2D eigenvalue weighted by molar-refractivity contribution is 6.36. The number of amides is 2. The standard InChI is InChI=1S/C31H25ClF2N4O3/c1-17(39)23-15-37(25-8-3-2-5-20(23)25)16-27(40)38-14-19(33)13-26(38)31(41)36-24-7-4-6-22(29(24)34)21-10-9-18-11-12-35-30(18)28(21)32/h2-10,12,15,19,26H,11,13-14,16H2,1H3,(H,36,41)/t19-,26+/m1/s1. The second kappa shape index (κ2) is 10.6. The number of benzene rings is 3. The molecule has 1 fully saturated rings. The third-order valence-electron chi connectivity index (χ3n) is 7.62. The Balaban J connectivity index is 1.24. The average molecular weight is 575 g/mol. The maximum absolute atomic E-state index is 15.7. The molecule has 0 unspecified atom stereocenters. The van der Waals surface area contributed by atoms with Crippen molar-refractivity contribution in [2.24, 2.45) is 4.99 Å². The molecule has 2 aliphatic rings. The predicted molar refractivity (Wildman–Crippen MR) is 154 cm³/mol. The van der Waals surface area contributed by atoms with E-state index in [2.05, 4.69) is 10.3 Å². The number of hydrogen-bond donors (Lipinski definition) is 1. The van der Waals surface area contributed by atoms with Gasteiger partial charge in [-0.3, -0.25) is 19.4 Å². The number of likely N-dealkylation sites (tertiary alicyclic amines) is 1. The largest absolute Gasteiger partial charge is 0.337 e. The smallest absolute Gasteiger partial charge is 0.247 e. The number of carbonyl (C=O) groups is 3. The first-order valence-electron chi connectivity index (χ1n) is 13.2. The van der Waals surface area contributed by atoms with Gasteiger partial charge in [0.2, 0.25) is 11.8 Å². The van der Waals surface area contributed by atoms with Crippen LogP contribution in [-0.2, 0) is 22.6 Å². The molecule has 0 radical (unpaired) electrons. The van der Waals surface area contributed by atoms with E-state index >= 15 is 4.39 Å². The first-order valence-corrected chi connectivity index (χ1v) is 13.6. The van der Waals surface area contributed by atoms with Gasteiger partial charge in [0.15, 0.2) is 11.6 Å². The van der Waals surface area contributed by atoms with E-state index in [-0.39, 0.29) is 36.5 Å². The Hall–Kier alpha value is -4.37. The van der Waals surface area contributed by atoms with E-state index < -0.39 is 29.8 Å². The summed E-state index contributed by atoms with van der Waals surface area (Å²) in [5.41, 5.74) is 3.20. The van der Waals surface area contributed by atoms with E-state index in [4.69, 9.17) is 11.6 Å². The number of ketones is 1. The molecule has 3 aromatic carbocycles. The molecule has 6 rings (SSSR count). The van der Waals surface area contributed by atoms with Crippen LogP contribution in [0.5, 0.6) is 0 Å². The minimum absolute atomic E-state index is 0.107. The van der Waals surface area contributed by atoms with E-state index in [1.807, 2.05) is 6.07 Å². The summed E-state index contributed by atoms with van der Waals surface area (Å²) in [6.07, 6.45) is 2.36. The first kappa shape index (κ1) is 26.8. The van der Waals surface area contributed by atoms with Gasteiger partial charge < -0.3 is 14.8 Å². The van der Waals surface area contributed by atoms with Gasteiger partial charge in [-0.1, -0.05) is 54.1 Å². The number of fused-ring (bicyclic) bond motifs is 2. The van der Waals surface area contributed by atoms with Crippen molar-refractivity contribution in [2.45, 2.75) is 38.5 Å². The number of carbonyl (C=O) groups excluding carboxylic acids is 3. The Morgan fingerprint density at radius 3 is 2.68 bits per heavy atom. The fourth-order valence-corrected chi connectivity index (χ4v) is 5.94. The third-order valence-corrected chi connectivity index (χ3v) is 8.01. The minimum Gasteiger partial charge on any atom is -0.337 e. The van der Waals surface area contributed by atoms with Crippen LogP contribution in [0, 0.1) is 5.82 Å². The number of para-hydroxylation sites is 1. The van der Waals surface area contributed by atoms with E-state index in [0.717, 1.165) is 5.56 Å². The number of rotatable bonds is 6. The van der Waals surface area contributed by atoms with Gasteiger partial charge in [-0.2, -0.15) is 0 Å². The molecular weight excluding hydrogens is 550 g/mol. The number of nitrogens with zero attached hydrogens (tertiary/aromatic N) is 3. The van der Waals surface area contributed by atoms with E-state index in [1.54, 1.807) is 59.4 Å². The summed E-state index contributed by atoms with van der Waals surface area (Å²) in [6.45, 7) is 1.000. The Kier molecular flexibility index (Phi) is 6.91. The zero-order valence-electron chi connectivity index (χ0n) is 22.0. The highest BCUT2D eigenvalue weighted by atomic mass is 35.5. The second-order valence-corrected chi connectivity index (χ2v) is 10.6. The lowest BCUT2D eigenvalue weighted by molar-refractivity contribution is -0.137. The quantitative estimate of drug-likeness (QED) is 0.281. The zero-order chi connectivity index (χ0) is 28.8. The summed E-state index contributed by atoms with van der Waals surface area (Å²) in [4.78, 5) is 44.3. The fourth-order valence-electron chi connectivity index (χ4n) is 5.61. The number of Topliss-reactive ketones (excluding diaryl/α,β-unsaturated/α-hetero) is 1. The van der Waals surface area contributed by atoms with Gasteiger partial charge in [0.05, 0.1) is 22.9 Å². The van der Waals surface area contributed by atoms with Crippen molar-refractivity contribution in [2.75, 3.05) is 11.9 Å². The van der Waals surface area contributed by atoms with E-state index in [1.165, 1.54) is 17.9 Å². The Morgan fingerprint density at radius 1 is 1.07 bits per heavy atom. The number of aromatic nitrogens is 1. The van der Waals surface area contributed by atoms with Gasteiger partial charge >= 0.3 is 0 Å². The summed E-state index contributed by atoms with van der Waals surface area (Å²) >= 11 is 6.54. The van der Waals surface area contributed by atoms with Crippen LogP contribution >= 0.6 is 11.6 Å². The molecule has 0 saturated carbocycles. The lowest BCUT2D eigenvalue weighted by atomic mass is 10.0. The molecule has 1 aromatic heterocycles. The second-order valence-electron chi connectivity index (χ2n) is 10.2. The van der Waals surface area contributed by atoms with Gasteiger partial charge in [0.25, 0.3) is 0 Å². The molecule has 0 spiro atoms. The topological polar surface area (TPSA) is 83.8 Å². The molecule has 0 bridgehead atoms. The summed E-state index contributed by atoms with van der Waals surface area (Å²) in [5.74, 6) is -2.03. The number of halogens is 3. The summed E-state index contributed by atoms with van der Waals surface area (Å²) in [7, 11) is 0. The molecular formula is C31H25ClF2N4O3. The number of nitrogens with one attached hydrogen (secondary N) is 1.